The van der Waals surface area contributed by atoms with Crippen LogP contribution in [0, 0.1) is 18.3 Å². The number of anilines is 1. The van der Waals surface area contributed by atoms with Gasteiger partial charge in [-0.3, -0.25) is 24.0 Å². The highest BCUT2D eigenvalue weighted by atomic mass is 16.5. The summed E-state index contributed by atoms with van der Waals surface area (Å²) in [5.74, 6) is -2.59. The van der Waals surface area contributed by atoms with Crippen molar-refractivity contribution in [2.45, 2.75) is 77.0 Å². The average Bonchev–Trinajstić information content (AvgIpc) is 3.28. The maximum Gasteiger partial charge on any atom is 0.257 e. The first-order chi connectivity index (χ1) is 31.4. The van der Waals surface area contributed by atoms with E-state index in [0.29, 0.717) is 45.1 Å². The summed E-state index contributed by atoms with van der Waals surface area (Å²) in [5, 5.41) is 19.8. The summed E-state index contributed by atoms with van der Waals surface area (Å²) in [4.78, 5) is 80.6. The Morgan fingerprint density at radius 1 is 0.909 bits per heavy atom. The van der Waals surface area contributed by atoms with Gasteiger partial charge in [-0.05, 0) is 73.2 Å². The fourth-order valence-electron chi connectivity index (χ4n) is 7.48. The molecule has 19 nitrogen and oxygen atoms in total. The smallest absolute Gasteiger partial charge is 0.257 e. The minimum atomic E-state index is -1.43. The molecule has 4 unspecified atom stereocenters. The molecule has 3 aromatic carbocycles. The van der Waals surface area contributed by atoms with Gasteiger partial charge in [0.1, 0.15) is 66.8 Å². The molecule has 0 spiro atoms. The van der Waals surface area contributed by atoms with E-state index in [1.54, 1.807) is 43.3 Å². The second-order valence-corrected chi connectivity index (χ2v) is 16.9. The standard InChI is InChI=1S/C47H60N12O7/c1-26-38(40(52)58-41(54-26)29-8-11-31(12-9-29)47(3,4)5)44(62)56-34(15-16-48)46(64)59(6)39-30-10-14-37(66-22-19-51)33(25-30)32-23-28(7-13-36(32)65-21-18-50)24-35(43(61)53-20-17-49)57-42(60)27(2)55-45(39)63/h7-14,23,25,27,34-35,39H,15-16,18-22,24,48,50-51H2,1-6H3,(H,53,61)(H,55,63)(H,56,62)(H,57,60)(H2,52,54,58). The number of nitrogens with zero attached hydrogens (tertiary/aromatic N) is 4. The molecule has 66 heavy (non-hydrogen) atoms. The first kappa shape index (κ1) is 49.9. The van der Waals surface area contributed by atoms with Crippen molar-refractivity contribution in [3.8, 4) is 40.1 Å². The Morgan fingerprint density at radius 2 is 1.55 bits per heavy atom. The van der Waals surface area contributed by atoms with Gasteiger partial charge in [-0.1, -0.05) is 57.2 Å². The number of nitriles is 1. The van der Waals surface area contributed by atoms with Crippen LogP contribution in [0.3, 0.4) is 0 Å². The maximum atomic E-state index is 14.7. The molecular formula is C47H60N12O7. The van der Waals surface area contributed by atoms with Crippen LogP contribution >= 0.6 is 0 Å². The van der Waals surface area contributed by atoms with Crippen LogP contribution in [0.5, 0.6) is 11.5 Å². The molecule has 2 heterocycles. The second-order valence-electron chi connectivity index (χ2n) is 16.9. The zero-order valence-corrected chi connectivity index (χ0v) is 38.2. The lowest BCUT2D eigenvalue weighted by atomic mass is 9.86. The Kier molecular flexibility index (Phi) is 16.8. The lowest BCUT2D eigenvalue weighted by Gasteiger charge is -2.32. The van der Waals surface area contributed by atoms with Crippen molar-refractivity contribution in [2.75, 3.05) is 52.2 Å². The molecule has 1 aliphatic heterocycles. The summed E-state index contributed by atoms with van der Waals surface area (Å²) < 4.78 is 12.2. The van der Waals surface area contributed by atoms with Crippen molar-refractivity contribution >= 4 is 35.4 Å². The SMILES string of the molecule is Cc1nc(-c2ccc(C(C)(C)C)cc2)nc(N)c1C(=O)NC(CCN)C(=O)N(C)C1C(=O)NC(C)C(=O)NC(C(=O)NCC#N)Cc2ccc(OCCN)c(c2)-c2cc1ccc2OCCN. The van der Waals surface area contributed by atoms with Gasteiger partial charge >= 0.3 is 0 Å². The summed E-state index contributed by atoms with van der Waals surface area (Å²) in [5.41, 5.74) is 27.9. The molecule has 1 aromatic heterocycles. The molecule has 5 amide bonds. The van der Waals surface area contributed by atoms with Gasteiger partial charge in [-0.15, -0.1) is 0 Å². The van der Waals surface area contributed by atoms with E-state index in [1.165, 1.54) is 14.0 Å². The van der Waals surface area contributed by atoms with Crippen molar-refractivity contribution in [1.82, 2.24) is 36.1 Å². The number of hydrogen-bond acceptors (Lipinski definition) is 14. The van der Waals surface area contributed by atoms with Gasteiger partial charge < -0.3 is 58.6 Å². The highest BCUT2D eigenvalue weighted by molar-refractivity contribution is 6.02. The van der Waals surface area contributed by atoms with Crippen molar-refractivity contribution in [2.24, 2.45) is 17.2 Å². The van der Waals surface area contributed by atoms with E-state index in [4.69, 9.17) is 37.7 Å². The highest BCUT2D eigenvalue weighted by Gasteiger charge is 2.36. The number of rotatable bonds is 15. The van der Waals surface area contributed by atoms with E-state index in [0.717, 1.165) is 10.5 Å². The minimum Gasteiger partial charge on any atom is -0.492 e. The average molecular weight is 905 g/mol. The van der Waals surface area contributed by atoms with Crippen LogP contribution in [0.1, 0.15) is 72.9 Å². The van der Waals surface area contributed by atoms with Crippen LogP contribution in [0.4, 0.5) is 5.82 Å². The molecule has 0 aliphatic carbocycles. The van der Waals surface area contributed by atoms with Crippen LogP contribution in [0.15, 0.2) is 60.7 Å². The van der Waals surface area contributed by atoms with Gasteiger partial charge in [0.15, 0.2) is 5.82 Å². The van der Waals surface area contributed by atoms with Crippen LogP contribution in [-0.4, -0.2) is 109 Å². The van der Waals surface area contributed by atoms with Gasteiger partial charge in [0.2, 0.25) is 23.6 Å². The number of carbonyl (C=O) groups excluding carboxylic acids is 5. The Labute approximate surface area is 384 Å². The quantitative estimate of drug-likeness (QED) is 0.0785. The van der Waals surface area contributed by atoms with Crippen LogP contribution < -0.4 is 53.7 Å². The molecule has 0 radical (unpaired) electrons. The van der Waals surface area contributed by atoms with Gasteiger partial charge in [-0.25, -0.2) is 9.97 Å². The van der Waals surface area contributed by atoms with Crippen LogP contribution in [0.2, 0.25) is 0 Å². The number of nitrogens with one attached hydrogen (secondary N) is 4. The molecule has 0 fully saturated rings. The summed E-state index contributed by atoms with van der Waals surface area (Å²) in [6.07, 6.45) is -0.0470. The number of likely N-dealkylation sites (N-methyl/N-ethyl adjacent to an activating group) is 1. The van der Waals surface area contributed by atoms with E-state index in [9.17, 15) is 24.0 Å². The number of fused-ring (bicyclic) bond motifs is 5. The summed E-state index contributed by atoms with van der Waals surface area (Å²) in [7, 11) is 1.39. The number of hydrogen-bond donors (Lipinski definition) is 8. The summed E-state index contributed by atoms with van der Waals surface area (Å²) in [6, 6.07) is 14.6. The Bertz CT molecular complexity index is 2440. The molecule has 4 aromatic rings. The predicted molar refractivity (Wildman–Crippen MR) is 249 cm³/mol. The minimum absolute atomic E-state index is 0.00642. The van der Waals surface area contributed by atoms with Crippen LogP contribution in [-0.2, 0) is 31.0 Å². The summed E-state index contributed by atoms with van der Waals surface area (Å²) >= 11 is 0. The van der Waals surface area contributed by atoms with Gasteiger partial charge in [-0.2, -0.15) is 5.26 Å². The Morgan fingerprint density at radius 3 is 2.14 bits per heavy atom. The first-order valence-corrected chi connectivity index (χ1v) is 21.6. The predicted octanol–water partition coefficient (Wildman–Crippen LogP) is 1.51. The first-order valence-electron chi connectivity index (χ1n) is 21.6. The monoisotopic (exact) mass is 904 g/mol. The molecule has 4 atom stereocenters. The van der Waals surface area contributed by atoms with E-state index < -0.39 is 53.7 Å². The summed E-state index contributed by atoms with van der Waals surface area (Å²) in [6.45, 7) is 9.66. The van der Waals surface area contributed by atoms with Crippen molar-refractivity contribution in [1.29, 1.82) is 5.26 Å². The Hall–Kier alpha value is -7.14. The topological polar surface area (TPSA) is 309 Å². The number of carbonyl (C=O) groups is 5. The molecule has 12 N–H and O–H groups in total. The van der Waals surface area contributed by atoms with Crippen molar-refractivity contribution in [3.63, 3.8) is 0 Å². The van der Waals surface area contributed by atoms with Crippen molar-refractivity contribution < 1.29 is 33.4 Å². The molecule has 1 aliphatic rings. The molecule has 0 saturated carbocycles. The molecule has 350 valence electrons. The van der Waals surface area contributed by atoms with Gasteiger partial charge in [0.05, 0.1) is 11.8 Å². The third kappa shape index (κ3) is 11.9. The number of nitrogen functional groups attached to an aromatic ring is 1. The number of aromatic nitrogens is 2. The van der Waals surface area contributed by atoms with E-state index in [-0.39, 0.29) is 74.7 Å². The van der Waals surface area contributed by atoms with E-state index in [2.05, 4.69) is 52.0 Å². The second kappa shape index (κ2) is 22.2. The lowest BCUT2D eigenvalue weighted by Crippen LogP contribution is -2.56. The van der Waals surface area contributed by atoms with E-state index >= 15 is 0 Å². The maximum absolute atomic E-state index is 14.7. The fourth-order valence-corrected chi connectivity index (χ4v) is 7.48. The lowest BCUT2D eigenvalue weighted by molar-refractivity contribution is -0.141. The normalized spacial score (nSPS) is 16.6. The van der Waals surface area contributed by atoms with Crippen molar-refractivity contribution in [3.05, 3.63) is 88.6 Å². The van der Waals surface area contributed by atoms with Crippen LogP contribution in [0.25, 0.3) is 22.5 Å². The Balaban J connectivity index is 1.57. The largest absolute Gasteiger partial charge is 0.492 e. The molecule has 0 saturated heterocycles. The highest BCUT2D eigenvalue weighted by Crippen LogP contribution is 2.40. The third-order valence-corrected chi connectivity index (χ3v) is 11.0. The fraction of sp³-hybridized carbons (Fsp3) is 0.404. The molecule has 5 rings (SSSR count). The number of amides is 5. The number of benzene rings is 3. The van der Waals surface area contributed by atoms with Gasteiger partial charge in [0.25, 0.3) is 5.91 Å². The zero-order chi connectivity index (χ0) is 48.3. The molecular weight excluding hydrogens is 845 g/mol. The number of aryl methyl sites for hydroxylation is 1. The third-order valence-electron chi connectivity index (χ3n) is 11.0. The zero-order valence-electron chi connectivity index (χ0n) is 38.2. The number of nitrogens with two attached hydrogens (primary N) is 4. The van der Waals surface area contributed by atoms with Gasteiger partial charge in [0, 0.05) is 43.2 Å². The van der Waals surface area contributed by atoms with E-state index in [1.807, 2.05) is 30.3 Å². The molecule has 4 bridgehead atoms. The molecule has 19 heteroatoms. The number of ether oxygens (including phenoxy) is 2.